The fourth-order valence-corrected chi connectivity index (χ4v) is 6.35. The summed E-state index contributed by atoms with van der Waals surface area (Å²) in [6.45, 7) is 8.91. The van der Waals surface area contributed by atoms with Crippen molar-refractivity contribution < 1.29 is 20.1 Å². The molecule has 4 nitrogen and oxygen atoms in total. The number of benzene rings is 2. The van der Waals surface area contributed by atoms with E-state index in [4.69, 9.17) is 4.74 Å². The van der Waals surface area contributed by atoms with Crippen LogP contribution in [0.15, 0.2) is 36.4 Å². The third kappa shape index (κ3) is 4.87. The lowest BCUT2D eigenvalue weighted by Gasteiger charge is -2.56. The molecule has 1 heterocycles. The fourth-order valence-electron chi connectivity index (χ4n) is 6.35. The molecule has 2 aromatic carbocycles. The number of phenols is 3. The predicted molar refractivity (Wildman–Crippen MR) is 139 cm³/mol. The molecule has 3 rings (SSSR count). The number of rotatable bonds is 12. The van der Waals surface area contributed by atoms with Gasteiger partial charge in [0.25, 0.3) is 0 Å². The summed E-state index contributed by atoms with van der Waals surface area (Å²) in [4.78, 5) is 0. The Balaban J connectivity index is 2.37. The molecule has 0 amide bonds. The first-order valence-electron chi connectivity index (χ1n) is 13.4. The van der Waals surface area contributed by atoms with Crippen molar-refractivity contribution in [2.24, 2.45) is 5.92 Å². The summed E-state index contributed by atoms with van der Waals surface area (Å²) in [5.74, 6) is 1.24. The zero-order valence-electron chi connectivity index (χ0n) is 21.6. The summed E-state index contributed by atoms with van der Waals surface area (Å²) < 4.78 is 6.99. The van der Waals surface area contributed by atoms with Gasteiger partial charge in [-0.1, -0.05) is 72.3 Å². The standard InChI is InChI=1S/C30H44O4/c1-5-9-17-29(18-10-6-2)25-16-14-23(32)21-27(25)34-30(19-11-7-3,28(29)12-8-4)24-15-13-22(31)20-26(24)33/h13-16,20-21,28,31-33H,5-12,17-19H2,1-4H3. The Kier molecular flexibility index (Phi) is 8.78. The average Bonchev–Trinajstić information content (AvgIpc) is 2.81. The Morgan fingerprint density at radius 3 is 1.82 bits per heavy atom. The topological polar surface area (TPSA) is 69.9 Å². The van der Waals surface area contributed by atoms with Gasteiger partial charge in [-0.05, 0) is 50.3 Å². The Hall–Kier alpha value is -2.36. The number of ether oxygens (including phenoxy) is 1. The number of hydrogen-bond donors (Lipinski definition) is 3. The van der Waals surface area contributed by atoms with Gasteiger partial charge in [-0.15, -0.1) is 0 Å². The summed E-state index contributed by atoms with van der Waals surface area (Å²) in [7, 11) is 0. The van der Waals surface area contributed by atoms with Crippen LogP contribution in [0.25, 0.3) is 0 Å². The Bertz CT molecular complexity index is 929. The molecule has 0 saturated carbocycles. The first-order valence-corrected chi connectivity index (χ1v) is 13.4. The van der Waals surface area contributed by atoms with Gasteiger partial charge in [0, 0.05) is 34.6 Å². The van der Waals surface area contributed by atoms with Crippen molar-refractivity contribution in [1.82, 2.24) is 0 Å². The molecule has 3 N–H and O–H groups in total. The molecule has 1 aliphatic rings. The second kappa shape index (κ2) is 11.4. The van der Waals surface area contributed by atoms with Gasteiger partial charge in [-0.25, -0.2) is 0 Å². The number of fused-ring (bicyclic) bond motifs is 1. The zero-order chi connectivity index (χ0) is 24.8. The Morgan fingerprint density at radius 1 is 0.706 bits per heavy atom. The van der Waals surface area contributed by atoms with Crippen LogP contribution in [0.3, 0.4) is 0 Å². The lowest BCUT2D eigenvalue weighted by molar-refractivity contribution is -0.0775. The van der Waals surface area contributed by atoms with E-state index in [1.165, 1.54) is 11.6 Å². The van der Waals surface area contributed by atoms with Crippen LogP contribution in [0.2, 0.25) is 0 Å². The van der Waals surface area contributed by atoms with Gasteiger partial charge in [0.15, 0.2) is 0 Å². The van der Waals surface area contributed by atoms with E-state index in [0.717, 1.165) is 81.9 Å². The monoisotopic (exact) mass is 468 g/mol. The molecule has 1 aliphatic heterocycles. The highest BCUT2D eigenvalue weighted by Gasteiger charge is 2.57. The summed E-state index contributed by atoms with van der Waals surface area (Å²) >= 11 is 0. The van der Waals surface area contributed by atoms with Crippen LogP contribution in [-0.4, -0.2) is 15.3 Å². The highest BCUT2D eigenvalue weighted by molar-refractivity contribution is 5.52. The van der Waals surface area contributed by atoms with Crippen LogP contribution in [0, 0.1) is 5.92 Å². The molecule has 0 spiro atoms. The van der Waals surface area contributed by atoms with Crippen molar-refractivity contribution >= 4 is 0 Å². The normalized spacial score (nSPS) is 21.1. The lowest BCUT2D eigenvalue weighted by Crippen LogP contribution is -2.55. The first-order chi connectivity index (χ1) is 16.4. The fraction of sp³-hybridized carbons (Fsp3) is 0.600. The maximum atomic E-state index is 11.1. The second-order valence-electron chi connectivity index (χ2n) is 10.2. The molecule has 0 saturated heterocycles. The van der Waals surface area contributed by atoms with Gasteiger partial charge in [0.2, 0.25) is 0 Å². The van der Waals surface area contributed by atoms with Crippen molar-refractivity contribution in [2.45, 2.75) is 109 Å². The summed E-state index contributed by atoms with van der Waals surface area (Å²) in [6, 6.07) is 10.6. The van der Waals surface area contributed by atoms with Gasteiger partial charge in [0.1, 0.15) is 28.6 Å². The molecule has 0 bridgehead atoms. The maximum absolute atomic E-state index is 11.1. The maximum Gasteiger partial charge on any atom is 0.141 e. The average molecular weight is 469 g/mol. The predicted octanol–water partition coefficient (Wildman–Crippen LogP) is 8.32. The third-order valence-corrected chi connectivity index (χ3v) is 7.89. The van der Waals surface area contributed by atoms with Crippen molar-refractivity contribution in [2.75, 3.05) is 0 Å². The van der Waals surface area contributed by atoms with E-state index in [-0.39, 0.29) is 28.6 Å². The molecule has 0 radical (unpaired) electrons. The van der Waals surface area contributed by atoms with Gasteiger partial charge >= 0.3 is 0 Å². The van der Waals surface area contributed by atoms with Gasteiger partial charge < -0.3 is 20.1 Å². The third-order valence-electron chi connectivity index (χ3n) is 7.89. The molecular weight excluding hydrogens is 424 g/mol. The van der Waals surface area contributed by atoms with E-state index in [2.05, 4.69) is 33.8 Å². The molecule has 0 aliphatic carbocycles. The highest BCUT2D eigenvalue weighted by Crippen LogP contribution is 2.61. The van der Waals surface area contributed by atoms with Gasteiger partial charge in [-0.2, -0.15) is 0 Å². The summed E-state index contributed by atoms with van der Waals surface area (Å²) in [5.41, 5.74) is 1.12. The van der Waals surface area contributed by atoms with E-state index in [1.807, 2.05) is 6.07 Å². The zero-order valence-corrected chi connectivity index (χ0v) is 21.6. The van der Waals surface area contributed by atoms with Gasteiger partial charge in [-0.3, -0.25) is 0 Å². The van der Waals surface area contributed by atoms with Gasteiger partial charge in [0.05, 0.1) is 0 Å². The minimum absolute atomic E-state index is 0.0519. The lowest BCUT2D eigenvalue weighted by atomic mass is 9.54. The minimum atomic E-state index is -0.730. The van der Waals surface area contributed by atoms with E-state index < -0.39 is 5.60 Å². The molecule has 2 atom stereocenters. The quantitative estimate of drug-likeness (QED) is 0.293. The van der Waals surface area contributed by atoms with E-state index in [0.29, 0.717) is 0 Å². The first kappa shape index (κ1) is 26.2. The van der Waals surface area contributed by atoms with Crippen molar-refractivity contribution in [3.63, 3.8) is 0 Å². The summed E-state index contributed by atoms with van der Waals surface area (Å²) in [6.07, 6.45) is 11.4. The van der Waals surface area contributed by atoms with Crippen LogP contribution in [0.1, 0.15) is 109 Å². The highest BCUT2D eigenvalue weighted by atomic mass is 16.5. The number of phenolic OH excluding ortho intramolecular Hbond substituents is 3. The smallest absolute Gasteiger partial charge is 0.141 e. The van der Waals surface area contributed by atoms with E-state index in [9.17, 15) is 15.3 Å². The minimum Gasteiger partial charge on any atom is -0.508 e. The Morgan fingerprint density at radius 2 is 1.26 bits per heavy atom. The summed E-state index contributed by atoms with van der Waals surface area (Å²) in [5, 5.41) is 31.6. The van der Waals surface area contributed by atoms with Crippen molar-refractivity contribution in [1.29, 1.82) is 0 Å². The SMILES string of the molecule is CCCCC1(CCCC)c2ccc(O)cc2OC(CCCC)(c2ccc(O)cc2O)C1CCC. The van der Waals surface area contributed by atoms with Crippen molar-refractivity contribution in [3.05, 3.63) is 47.5 Å². The molecular formula is C30H44O4. The van der Waals surface area contributed by atoms with E-state index in [1.54, 1.807) is 18.2 Å². The molecule has 0 fully saturated rings. The molecule has 0 aromatic heterocycles. The molecule has 34 heavy (non-hydrogen) atoms. The number of aromatic hydroxyl groups is 3. The van der Waals surface area contributed by atoms with Crippen LogP contribution in [0.4, 0.5) is 0 Å². The van der Waals surface area contributed by atoms with E-state index >= 15 is 0 Å². The molecule has 2 aromatic rings. The van der Waals surface area contributed by atoms with Crippen LogP contribution < -0.4 is 4.74 Å². The molecule has 4 heteroatoms. The largest absolute Gasteiger partial charge is 0.508 e. The van der Waals surface area contributed by atoms with Crippen LogP contribution in [0.5, 0.6) is 23.0 Å². The van der Waals surface area contributed by atoms with Crippen LogP contribution in [-0.2, 0) is 11.0 Å². The number of hydrogen-bond acceptors (Lipinski definition) is 4. The van der Waals surface area contributed by atoms with Crippen LogP contribution >= 0.6 is 0 Å². The molecule has 188 valence electrons. The number of unbranched alkanes of at least 4 members (excludes halogenated alkanes) is 3. The van der Waals surface area contributed by atoms with Crippen molar-refractivity contribution in [3.8, 4) is 23.0 Å². The second-order valence-corrected chi connectivity index (χ2v) is 10.2. The Labute approximate surface area is 206 Å². The molecule has 2 unspecified atom stereocenters.